The van der Waals surface area contributed by atoms with E-state index >= 15 is 0 Å². The molecule has 12 heteroatoms. The van der Waals surface area contributed by atoms with Crippen molar-refractivity contribution in [3.8, 4) is 11.1 Å². The van der Waals surface area contributed by atoms with Gasteiger partial charge in [-0.05, 0) is 78.9 Å². The number of ketones is 2. The quantitative estimate of drug-likeness (QED) is 0.160. The predicted octanol–water partition coefficient (Wildman–Crippen LogP) is 4.85. The standard InChI is InChI=1S/C34H33BrN8O3/c1-19-5-8-31(35)39-26(19)10-29(45)28-11-34(17-41-15-20(2)38-18-41)12-30(34)43(28)32(46)16-42-27-7-6-23(24-13-36-22(4)37-14-24)9-25(27)33(40-42)21(3)44/h5-9,13-15,18,28,30H,10-12,16-17H2,1-4H3/t28-,30+,34-/m0/s1. The molecule has 4 aromatic heterocycles. The Labute approximate surface area is 274 Å². The minimum atomic E-state index is -0.585. The fourth-order valence-electron chi connectivity index (χ4n) is 6.91. The first-order chi connectivity index (χ1) is 22.0. The molecular weight excluding hydrogens is 648 g/mol. The molecule has 0 spiro atoms. The van der Waals surface area contributed by atoms with E-state index in [2.05, 4.69) is 45.5 Å². The fraction of sp³-hybridized carbons (Fsp3) is 0.353. The van der Waals surface area contributed by atoms with Crippen LogP contribution in [0.15, 0.2) is 59.9 Å². The van der Waals surface area contributed by atoms with Crippen molar-refractivity contribution in [1.82, 2.24) is 39.2 Å². The van der Waals surface area contributed by atoms with Crippen LogP contribution in [-0.4, -0.2) is 68.7 Å². The molecule has 11 nitrogen and oxygen atoms in total. The van der Waals surface area contributed by atoms with Gasteiger partial charge in [0.1, 0.15) is 22.7 Å². The Hall–Kier alpha value is -4.58. The zero-order valence-corrected chi connectivity index (χ0v) is 27.7. The molecule has 1 aliphatic carbocycles. The van der Waals surface area contributed by atoms with Crippen LogP contribution in [0.4, 0.5) is 0 Å². The van der Waals surface area contributed by atoms with E-state index in [0.29, 0.717) is 45.7 Å². The van der Waals surface area contributed by atoms with Gasteiger partial charge in [0.05, 0.1) is 35.7 Å². The van der Waals surface area contributed by atoms with Crippen molar-refractivity contribution >= 4 is 44.3 Å². The molecular formula is C34H33BrN8O3. The van der Waals surface area contributed by atoms with Crippen molar-refractivity contribution in [3.05, 3.63) is 88.3 Å². The van der Waals surface area contributed by atoms with E-state index in [1.54, 1.807) is 22.0 Å². The topological polar surface area (TPSA) is 129 Å². The first-order valence-electron chi connectivity index (χ1n) is 15.3. The van der Waals surface area contributed by atoms with Crippen molar-refractivity contribution in [2.45, 2.75) is 72.1 Å². The maximum absolute atomic E-state index is 14.3. The first kappa shape index (κ1) is 30.1. The average Bonchev–Trinajstić information content (AvgIpc) is 3.27. The van der Waals surface area contributed by atoms with E-state index in [1.807, 2.05) is 63.6 Å². The van der Waals surface area contributed by atoms with Crippen LogP contribution in [0, 0.1) is 26.2 Å². The third-order valence-corrected chi connectivity index (χ3v) is 9.77. The molecule has 46 heavy (non-hydrogen) atoms. The molecule has 1 saturated heterocycles. The number of carbonyl (C=O) groups excluding carboxylic acids is 3. The number of aromatic nitrogens is 7. The van der Waals surface area contributed by atoms with Gasteiger partial charge in [-0.2, -0.15) is 5.10 Å². The van der Waals surface area contributed by atoms with Gasteiger partial charge in [-0.15, -0.1) is 0 Å². The van der Waals surface area contributed by atoms with Crippen LogP contribution in [0.5, 0.6) is 0 Å². The molecule has 0 radical (unpaired) electrons. The van der Waals surface area contributed by atoms with E-state index in [-0.39, 0.29) is 41.9 Å². The summed E-state index contributed by atoms with van der Waals surface area (Å²) in [5, 5.41) is 5.26. The zero-order chi connectivity index (χ0) is 32.3. The molecule has 1 saturated carbocycles. The van der Waals surface area contributed by atoms with Crippen molar-refractivity contribution in [2.75, 3.05) is 0 Å². The fourth-order valence-corrected chi connectivity index (χ4v) is 7.26. The highest BCUT2D eigenvalue weighted by Gasteiger charge is 2.66. The number of Topliss-reactive ketones (excluding diaryl/α,β-unsaturated/α-hetero) is 2. The number of rotatable bonds is 9. The lowest BCUT2D eigenvalue weighted by molar-refractivity contribution is -0.139. The Kier molecular flexibility index (Phi) is 7.42. The van der Waals surface area contributed by atoms with Crippen LogP contribution in [0.3, 0.4) is 0 Å². The number of nitrogens with zero attached hydrogens (tertiary/aromatic N) is 8. The van der Waals surface area contributed by atoms with E-state index < -0.39 is 6.04 Å². The maximum Gasteiger partial charge on any atom is 0.245 e. The van der Waals surface area contributed by atoms with Gasteiger partial charge in [0, 0.05) is 54.5 Å². The number of amides is 1. The molecule has 3 atom stereocenters. The molecule has 5 heterocycles. The summed E-state index contributed by atoms with van der Waals surface area (Å²) in [6.45, 7) is 7.77. The number of likely N-dealkylation sites (tertiary alicyclic amines) is 1. The minimum Gasteiger partial charge on any atom is -0.337 e. The van der Waals surface area contributed by atoms with Crippen LogP contribution in [0.2, 0.25) is 0 Å². The number of fused-ring (bicyclic) bond motifs is 2. The van der Waals surface area contributed by atoms with Crippen LogP contribution < -0.4 is 0 Å². The zero-order valence-electron chi connectivity index (χ0n) is 26.1. The molecule has 234 valence electrons. The van der Waals surface area contributed by atoms with E-state index in [0.717, 1.165) is 28.8 Å². The molecule has 1 aromatic carbocycles. The Morgan fingerprint density at radius 1 is 1.00 bits per heavy atom. The number of halogens is 1. The van der Waals surface area contributed by atoms with Crippen LogP contribution >= 0.6 is 15.9 Å². The number of aryl methyl sites for hydroxylation is 3. The molecule has 1 amide bonds. The SMILES string of the molecule is CC(=O)c1nn(CC(=O)N2[C@H](C(=O)Cc3nc(Br)ccc3C)C[C@@]3(Cn4cnc(C)c4)C[C@@H]23)c2ccc(-c3cnc(C)nc3)cc12. The summed E-state index contributed by atoms with van der Waals surface area (Å²) in [6, 6.07) is 8.81. The Morgan fingerprint density at radius 3 is 2.50 bits per heavy atom. The second-order valence-electron chi connectivity index (χ2n) is 12.6. The number of pyridine rings is 1. The lowest BCUT2D eigenvalue weighted by Crippen LogP contribution is -2.45. The summed E-state index contributed by atoms with van der Waals surface area (Å²) in [5.41, 5.74) is 4.97. The van der Waals surface area contributed by atoms with Crippen molar-refractivity contribution in [1.29, 1.82) is 0 Å². The van der Waals surface area contributed by atoms with Gasteiger partial charge in [0.25, 0.3) is 0 Å². The predicted molar refractivity (Wildman–Crippen MR) is 174 cm³/mol. The van der Waals surface area contributed by atoms with E-state index in [4.69, 9.17) is 0 Å². The number of hydrogen-bond acceptors (Lipinski definition) is 8. The third-order valence-electron chi connectivity index (χ3n) is 9.33. The molecule has 2 fully saturated rings. The van der Waals surface area contributed by atoms with Crippen molar-refractivity contribution < 1.29 is 14.4 Å². The van der Waals surface area contributed by atoms with Crippen LogP contribution in [-0.2, 0) is 29.1 Å². The molecule has 0 bridgehead atoms. The Bertz CT molecular complexity index is 2030. The smallest absolute Gasteiger partial charge is 0.245 e. The Balaban J connectivity index is 1.20. The van der Waals surface area contributed by atoms with Crippen molar-refractivity contribution in [2.24, 2.45) is 5.41 Å². The number of piperidine rings is 1. The summed E-state index contributed by atoms with van der Waals surface area (Å²) >= 11 is 3.42. The van der Waals surface area contributed by atoms with Gasteiger partial charge < -0.3 is 9.47 Å². The normalized spacial score (nSPS) is 20.2. The van der Waals surface area contributed by atoms with Crippen LogP contribution in [0.25, 0.3) is 22.0 Å². The second kappa shape index (κ2) is 11.3. The molecule has 2 aliphatic rings. The third kappa shape index (κ3) is 5.44. The van der Waals surface area contributed by atoms with Gasteiger partial charge in [-0.3, -0.25) is 19.1 Å². The van der Waals surface area contributed by atoms with E-state index in [1.165, 1.54) is 6.92 Å². The molecule has 0 unspecified atom stereocenters. The van der Waals surface area contributed by atoms with Gasteiger partial charge in [-0.25, -0.2) is 19.9 Å². The van der Waals surface area contributed by atoms with Gasteiger partial charge >= 0.3 is 0 Å². The summed E-state index contributed by atoms with van der Waals surface area (Å²) < 4.78 is 4.31. The lowest BCUT2D eigenvalue weighted by Gasteiger charge is -2.27. The van der Waals surface area contributed by atoms with E-state index in [9.17, 15) is 14.4 Å². The second-order valence-corrected chi connectivity index (χ2v) is 13.5. The molecule has 5 aromatic rings. The lowest BCUT2D eigenvalue weighted by atomic mass is 9.94. The van der Waals surface area contributed by atoms with Gasteiger partial charge in [0.15, 0.2) is 11.6 Å². The Morgan fingerprint density at radius 2 is 1.78 bits per heavy atom. The summed E-state index contributed by atoms with van der Waals surface area (Å²) in [5.74, 6) is 0.243. The highest BCUT2D eigenvalue weighted by atomic mass is 79.9. The maximum atomic E-state index is 14.3. The molecule has 1 aliphatic heterocycles. The largest absolute Gasteiger partial charge is 0.337 e. The minimum absolute atomic E-state index is 0.0323. The first-order valence-corrected chi connectivity index (χ1v) is 16.1. The monoisotopic (exact) mass is 680 g/mol. The highest BCUT2D eigenvalue weighted by Crippen LogP contribution is 2.60. The summed E-state index contributed by atoms with van der Waals surface area (Å²) in [6.07, 6.45) is 8.82. The summed E-state index contributed by atoms with van der Waals surface area (Å²) in [7, 11) is 0. The number of hydrogen-bond donors (Lipinski definition) is 0. The average molecular weight is 682 g/mol. The van der Waals surface area contributed by atoms with Crippen molar-refractivity contribution in [3.63, 3.8) is 0 Å². The molecule has 7 rings (SSSR count). The van der Waals surface area contributed by atoms with Gasteiger partial charge in [0.2, 0.25) is 5.91 Å². The molecule has 0 N–H and O–H groups in total. The highest BCUT2D eigenvalue weighted by molar-refractivity contribution is 9.10. The van der Waals surface area contributed by atoms with Gasteiger partial charge in [-0.1, -0.05) is 12.1 Å². The van der Waals surface area contributed by atoms with Crippen LogP contribution in [0.1, 0.15) is 53.0 Å². The number of benzene rings is 1. The number of imidazole rings is 1. The number of carbonyl (C=O) groups is 3. The summed E-state index contributed by atoms with van der Waals surface area (Å²) in [4.78, 5) is 60.2.